The first kappa shape index (κ1) is 84.5. The van der Waals surface area contributed by atoms with Crippen LogP contribution in [0.15, 0.2) is 60.8 Å². The van der Waals surface area contributed by atoms with Gasteiger partial charge in [-0.1, -0.05) is 103 Å². The molecule has 0 fully saturated rings. The highest BCUT2D eigenvalue weighted by atomic mass is 16.4. The standard InChI is InChI=1S/C65H101N17O18/c1-8-34(5)52(63(97)72-36(7)65(99)100)82-64(98)53(35(6)9-2)81-57(91)41(19-20-50(86)87)74-58(92)45(27-37-15-11-10-12-16-37)78-56(90)44(23-26-68)75-55(89)43(22-25-67)76-61(95)48(32-84)80-59(93)46(28-38-29-70-40-18-14-13-17-39(38)40)79-60(94)47(31-83)73-49(85)30-71-54(88)42(21-24-66)77-62(96)51(69)33(3)4/h10-18,29,33-36,41-48,51-53,70,83-84H,8-9,19-28,30-32,66-69H2,1-7H3,(H,71,88)(H,72,97)(H,73,85)(H,74,92)(H,75,89)(H,76,95)(H,77,96)(H,78,90)(H,79,94)(H,80,93)(H,81,91)(H,82,98)(H,86,87)(H,99,100)/t34-,35-,36-,41-,42+,43-,44+,45-,46+,47+,48-,51+,52+,53-/m0/s1. The third-order valence-electron chi connectivity index (χ3n) is 16.6. The Balaban J connectivity index is 1.89. The van der Waals surface area contributed by atoms with Crippen molar-refractivity contribution in [2.45, 2.75) is 179 Å². The third-order valence-corrected chi connectivity index (χ3v) is 16.6. The molecule has 0 radical (unpaired) electrons. The second kappa shape index (κ2) is 43.0. The fourth-order valence-corrected chi connectivity index (χ4v) is 10.0. The molecule has 0 aliphatic rings. The predicted octanol–water partition coefficient (Wildman–Crippen LogP) is -5.52. The number of para-hydroxylation sites is 1. The first-order valence-corrected chi connectivity index (χ1v) is 33.1. The van der Waals surface area contributed by atoms with Crippen molar-refractivity contribution in [1.82, 2.24) is 68.8 Å². The van der Waals surface area contributed by atoms with Crippen LogP contribution in [0, 0.1) is 17.8 Å². The van der Waals surface area contributed by atoms with Gasteiger partial charge in [0.05, 0.1) is 25.8 Å². The lowest BCUT2D eigenvalue weighted by Crippen LogP contribution is -2.62. The zero-order chi connectivity index (χ0) is 74.9. The predicted molar refractivity (Wildman–Crippen MR) is 363 cm³/mol. The van der Waals surface area contributed by atoms with Crippen molar-refractivity contribution in [3.63, 3.8) is 0 Å². The van der Waals surface area contributed by atoms with Crippen LogP contribution in [0.2, 0.25) is 0 Å². The number of fused-ring (bicyclic) bond motifs is 1. The van der Waals surface area contributed by atoms with E-state index >= 15 is 0 Å². The monoisotopic (exact) mass is 1410 g/mol. The largest absolute Gasteiger partial charge is 0.481 e. The molecule has 0 saturated heterocycles. The Morgan fingerprint density at radius 2 is 0.850 bits per heavy atom. The number of aromatic nitrogens is 1. The topological polar surface area (TPSA) is 584 Å². The zero-order valence-electron chi connectivity index (χ0n) is 57.4. The van der Waals surface area contributed by atoms with E-state index in [0.29, 0.717) is 28.5 Å². The highest BCUT2D eigenvalue weighted by Crippen LogP contribution is 2.20. The number of carboxylic acid groups (broad SMARTS) is 2. The maximum absolute atomic E-state index is 14.5. The van der Waals surface area contributed by atoms with Crippen molar-refractivity contribution in [2.24, 2.45) is 40.7 Å². The van der Waals surface area contributed by atoms with Crippen molar-refractivity contribution in [3.05, 3.63) is 71.9 Å². The summed E-state index contributed by atoms with van der Waals surface area (Å²) in [4.78, 5) is 192. The van der Waals surface area contributed by atoms with Gasteiger partial charge >= 0.3 is 11.9 Å². The Morgan fingerprint density at radius 3 is 1.33 bits per heavy atom. The van der Waals surface area contributed by atoms with Crippen LogP contribution < -0.4 is 86.7 Å². The van der Waals surface area contributed by atoms with Gasteiger partial charge in [-0.2, -0.15) is 0 Å². The number of aliphatic carboxylic acids is 2. The minimum atomic E-state index is -1.86. The summed E-state index contributed by atoms with van der Waals surface area (Å²) in [6.07, 6.45) is -0.177. The van der Waals surface area contributed by atoms with Gasteiger partial charge in [0.25, 0.3) is 0 Å². The summed E-state index contributed by atoms with van der Waals surface area (Å²) >= 11 is 0. The Kier molecular flexibility index (Phi) is 36.3. The summed E-state index contributed by atoms with van der Waals surface area (Å²) in [6, 6.07) is -2.63. The molecule has 0 aliphatic carbocycles. The molecule has 12 amide bonds. The number of aromatic amines is 1. The lowest BCUT2D eigenvalue weighted by atomic mass is 9.94. The number of benzene rings is 2. The molecule has 1 heterocycles. The van der Waals surface area contributed by atoms with E-state index in [1.165, 1.54) is 6.92 Å². The minimum absolute atomic E-state index is 0.0238. The summed E-state index contributed by atoms with van der Waals surface area (Å²) in [7, 11) is 0. The molecule has 0 aliphatic heterocycles. The normalized spacial score (nSPS) is 15.4. The number of amides is 12. The second-order valence-electron chi connectivity index (χ2n) is 24.6. The number of carboxylic acids is 2. The molecular formula is C65H101N17O18. The van der Waals surface area contributed by atoms with Crippen molar-refractivity contribution >= 4 is 93.7 Å². The average molecular weight is 1410 g/mol. The molecule has 0 saturated carbocycles. The quantitative estimate of drug-likeness (QED) is 0.0251. The number of rotatable bonds is 45. The molecule has 35 heteroatoms. The van der Waals surface area contributed by atoms with Crippen LogP contribution >= 0.6 is 0 Å². The maximum atomic E-state index is 14.5. The molecule has 35 nitrogen and oxygen atoms in total. The summed E-state index contributed by atoms with van der Waals surface area (Å²) in [5.41, 5.74) is 25.0. The fourth-order valence-electron chi connectivity index (χ4n) is 10.0. The first-order chi connectivity index (χ1) is 47.4. The average Bonchev–Trinajstić information content (AvgIpc) is 1.47. The van der Waals surface area contributed by atoms with Crippen molar-refractivity contribution in [1.29, 1.82) is 0 Å². The van der Waals surface area contributed by atoms with Crippen LogP contribution in [0.5, 0.6) is 0 Å². The van der Waals surface area contributed by atoms with Gasteiger partial charge in [0, 0.05) is 36.4 Å². The number of aliphatic hydroxyl groups excluding tert-OH is 2. The number of hydrogen-bond acceptors (Lipinski definition) is 20. The summed E-state index contributed by atoms with van der Waals surface area (Å²) in [6.45, 7) is 7.94. The maximum Gasteiger partial charge on any atom is 0.325 e. The smallest absolute Gasteiger partial charge is 0.325 e. The molecule has 1 aromatic heterocycles. The lowest BCUT2D eigenvalue weighted by Gasteiger charge is -2.30. The summed E-state index contributed by atoms with van der Waals surface area (Å²) < 4.78 is 0. The molecule has 0 bridgehead atoms. The van der Waals surface area contributed by atoms with Crippen LogP contribution in [-0.2, 0) is 80.0 Å². The van der Waals surface area contributed by atoms with Gasteiger partial charge in [0.2, 0.25) is 70.9 Å². The zero-order valence-corrected chi connectivity index (χ0v) is 57.4. The number of carbonyl (C=O) groups excluding carboxylic acids is 12. The van der Waals surface area contributed by atoms with Gasteiger partial charge in [-0.05, 0) is 87.2 Å². The third kappa shape index (κ3) is 27.2. The number of nitrogens with one attached hydrogen (secondary N) is 13. The highest BCUT2D eigenvalue weighted by Gasteiger charge is 2.38. The van der Waals surface area contributed by atoms with E-state index in [1.807, 2.05) is 0 Å². The van der Waals surface area contributed by atoms with Gasteiger partial charge in [0.15, 0.2) is 0 Å². The molecule has 3 rings (SSSR count). The molecule has 25 N–H and O–H groups in total. The molecule has 14 atom stereocenters. The molecular weight excluding hydrogens is 1310 g/mol. The first-order valence-electron chi connectivity index (χ1n) is 33.1. The van der Waals surface area contributed by atoms with Gasteiger partial charge in [0.1, 0.15) is 66.5 Å². The van der Waals surface area contributed by atoms with Crippen LogP contribution in [-0.4, -0.2) is 220 Å². The fraction of sp³-hybridized carbons (Fsp3) is 0.569. The number of hydrogen-bond donors (Lipinski definition) is 21. The van der Waals surface area contributed by atoms with E-state index in [9.17, 15) is 87.5 Å². The van der Waals surface area contributed by atoms with Crippen LogP contribution in [0.1, 0.15) is 105 Å². The van der Waals surface area contributed by atoms with Crippen molar-refractivity contribution in [2.75, 3.05) is 39.4 Å². The number of nitrogens with two attached hydrogens (primary N) is 4. The Hall–Kier alpha value is -9.68. The van der Waals surface area contributed by atoms with E-state index in [0.717, 1.165) is 0 Å². The Labute approximate surface area is 578 Å². The number of aliphatic hydroxyl groups is 2. The van der Waals surface area contributed by atoms with Crippen LogP contribution in [0.25, 0.3) is 10.9 Å². The van der Waals surface area contributed by atoms with Crippen molar-refractivity contribution in [3.8, 4) is 0 Å². The number of H-pyrrole nitrogens is 1. The molecule has 0 spiro atoms. The van der Waals surface area contributed by atoms with E-state index in [2.05, 4.69) is 68.8 Å². The molecule has 3 aromatic rings. The van der Waals surface area contributed by atoms with E-state index < -0.39 is 200 Å². The second-order valence-corrected chi connectivity index (χ2v) is 24.6. The van der Waals surface area contributed by atoms with Crippen molar-refractivity contribution < 1.29 is 87.5 Å². The summed E-state index contributed by atoms with van der Waals surface area (Å²) in [5.74, 6) is -15.6. The Bertz CT molecular complexity index is 3260. The van der Waals surface area contributed by atoms with E-state index in [1.54, 1.807) is 102 Å². The number of carbonyl (C=O) groups is 14. The molecule has 100 heavy (non-hydrogen) atoms. The SMILES string of the molecule is CC[C@H](C)[C@H](NC(=O)[C@H](CCC(=O)O)NC(=O)[C@H](Cc1ccccc1)NC(=O)[C@@H](CCN)NC(=O)[C@H](CCN)NC(=O)[C@H](CO)NC(=O)[C@@H](Cc1c[nH]c2ccccc12)NC(=O)[C@@H](CO)NC(=O)CNC(=O)[C@@H](CCN)NC(=O)[C@H](N)C(C)C)C(=O)N[C@@H](C(=O)N[C@@H](C)C(=O)O)[C@@H](C)CC. The van der Waals surface area contributed by atoms with Gasteiger partial charge in [-0.3, -0.25) is 67.1 Å². The van der Waals surface area contributed by atoms with Gasteiger partial charge in [-0.25, -0.2) is 0 Å². The summed E-state index contributed by atoms with van der Waals surface area (Å²) in [5, 5.41) is 70.1. The van der Waals surface area contributed by atoms with Crippen LogP contribution in [0.4, 0.5) is 0 Å². The van der Waals surface area contributed by atoms with E-state index in [4.69, 9.17) is 22.9 Å². The molecule has 554 valence electrons. The van der Waals surface area contributed by atoms with Crippen LogP contribution in [0.3, 0.4) is 0 Å². The minimum Gasteiger partial charge on any atom is -0.481 e. The van der Waals surface area contributed by atoms with Gasteiger partial charge < -0.3 is 112 Å². The molecule has 2 aromatic carbocycles. The highest BCUT2D eigenvalue weighted by molar-refractivity contribution is 6.00. The lowest BCUT2D eigenvalue weighted by molar-refractivity contribution is -0.142. The Morgan fingerprint density at radius 1 is 0.450 bits per heavy atom. The van der Waals surface area contributed by atoms with E-state index in [-0.39, 0.29) is 64.1 Å². The molecule has 0 unspecified atom stereocenters. The van der Waals surface area contributed by atoms with Gasteiger partial charge in [-0.15, -0.1) is 0 Å².